The maximum Gasteiger partial charge on any atom is 0.278 e. The van der Waals surface area contributed by atoms with Gasteiger partial charge in [-0.1, -0.05) is 30.4 Å². The van der Waals surface area contributed by atoms with Gasteiger partial charge in [0.25, 0.3) is 5.19 Å². The molecule has 0 aliphatic carbocycles. The van der Waals surface area contributed by atoms with E-state index in [1.807, 2.05) is 56.6 Å². The van der Waals surface area contributed by atoms with Crippen LogP contribution < -0.4 is 10.5 Å². The average Bonchev–Trinajstić information content (AvgIpc) is 2.99. The number of aryl methyl sites for hydroxylation is 2. The van der Waals surface area contributed by atoms with Crippen LogP contribution in [0, 0.1) is 13.8 Å². The zero-order valence-electron chi connectivity index (χ0n) is 14.3. The van der Waals surface area contributed by atoms with E-state index in [1.165, 1.54) is 11.3 Å². The number of amides is 1. The Kier molecular flexibility index (Phi) is 4.81. The van der Waals surface area contributed by atoms with Crippen molar-refractivity contribution >= 4 is 17.2 Å². The summed E-state index contributed by atoms with van der Waals surface area (Å²) >= 11 is 1.41. The molecule has 0 aliphatic rings. The van der Waals surface area contributed by atoms with Crippen molar-refractivity contribution < 1.29 is 9.53 Å². The number of carbonyl (C=O) groups is 1. The number of ether oxygens (including phenoxy) is 1. The molecule has 0 spiro atoms. The monoisotopic (exact) mass is 353 g/mol. The lowest BCUT2D eigenvalue weighted by Crippen LogP contribution is -2.15. The number of nitrogens with zero attached hydrogens (tertiary/aromatic N) is 2. The van der Waals surface area contributed by atoms with Gasteiger partial charge in [-0.2, -0.15) is 0 Å². The summed E-state index contributed by atoms with van der Waals surface area (Å²) in [5, 5.41) is 2.45. The highest BCUT2D eigenvalue weighted by Crippen LogP contribution is 2.31. The Balaban J connectivity index is 1.93. The SMILES string of the molecule is Cc1ccc([C@H](C)c2ccc(Oc3nc(C)cs3)cc2C(N)=O)cn1. The number of aromatic nitrogens is 2. The van der Waals surface area contributed by atoms with Crippen LogP contribution in [0.4, 0.5) is 0 Å². The van der Waals surface area contributed by atoms with Gasteiger partial charge in [-0.3, -0.25) is 9.78 Å². The summed E-state index contributed by atoms with van der Waals surface area (Å²) < 4.78 is 5.73. The number of hydrogen-bond acceptors (Lipinski definition) is 5. The Morgan fingerprint density at radius 1 is 1.20 bits per heavy atom. The summed E-state index contributed by atoms with van der Waals surface area (Å²) in [6.45, 7) is 5.87. The molecule has 6 heteroatoms. The largest absolute Gasteiger partial charge is 0.431 e. The second kappa shape index (κ2) is 7.03. The first-order valence-electron chi connectivity index (χ1n) is 7.90. The van der Waals surface area contributed by atoms with Crippen LogP contribution >= 0.6 is 11.3 Å². The molecule has 1 aromatic carbocycles. The fourth-order valence-electron chi connectivity index (χ4n) is 2.58. The quantitative estimate of drug-likeness (QED) is 0.746. The molecule has 3 aromatic rings. The zero-order valence-corrected chi connectivity index (χ0v) is 15.1. The molecule has 128 valence electrons. The van der Waals surface area contributed by atoms with Crippen molar-refractivity contribution in [2.45, 2.75) is 26.7 Å². The van der Waals surface area contributed by atoms with Crippen molar-refractivity contribution in [2.24, 2.45) is 5.73 Å². The van der Waals surface area contributed by atoms with Crippen LogP contribution in [0.5, 0.6) is 10.9 Å². The average molecular weight is 353 g/mol. The number of primary amides is 1. The van der Waals surface area contributed by atoms with Crippen LogP contribution in [0.2, 0.25) is 0 Å². The van der Waals surface area contributed by atoms with E-state index in [0.717, 1.165) is 22.5 Å². The minimum atomic E-state index is -0.484. The van der Waals surface area contributed by atoms with E-state index in [9.17, 15) is 4.79 Å². The lowest BCUT2D eigenvalue weighted by atomic mass is 9.90. The highest BCUT2D eigenvalue weighted by molar-refractivity contribution is 7.11. The third-order valence-electron chi connectivity index (χ3n) is 3.99. The maximum atomic E-state index is 12.0. The van der Waals surface area contributed by atoms with Crippen LogP contribution in [0.15, 0.2) is 41.9 Å². The smallest absolute Gasteiger partial charge is 0.278 e. The van der Waals surface area contributed by atoms with Gasteiger partial charge in [-0.25, -0.2) is 4.98 Å². The molecular formula is C19H19N3O2S. The lowest BCUT2D eigenvalue weighted by molar-refractivity contribution is 0.0999. The Labute approximate surface area is 150 Å². The molecule has 0 saturated carbocycles. The van der Waals surface area contributed by atoms with Crippen LogP contribution in [0.3, 0.4) is 0 Å². The minimum absolute atomic E-state index is 0.00763. The molecule has 0 saturated heterocycles. The molecule has 0 fully saturated rings. The van der Waals surface area contributed by atoms with Gasteiger partial charge in [-0.15, -0.1) is 0 Å². The van der Waals surface area contributed by atoms with Gasteiger partial charge in [0.1, 0.15) is 5.75 Å². The van der Waals surface area contributed by atoms with E-state index >= 15 is 0 Å². The van der Waals surface area contributed by atoms with E-state index in [2.05, 4.69) is 9.97 Å². The van der Waals surface area contributed by atoms with Crippen molar-refractivity contribution in [1.29, 1.82) is 0 Å². The fraction of sp³-hybridized carbons (Fsp3) is 0.211. The minimum Gasteiger partial charge on any atom is -0.431 e. The van der Waals surface area contributed by atoms with E-state index in [-0.39, 0.29) is 5.92 Å². The Morgan fingerprint density at radius 3 is 2.60 bits per heavy atom. The lowest BCUT2D eigenvalue weighted by Gasteiger charge is -2.16. The topological polar surface area (TPSA) is 78.1 Å². The van der Waals surface area contributed by atoms with Crippen LogP contribution in [-0.4, -0.2) is 15.9 Å². The van der Waals surface area contributed by atoms with E-state index < -0.39 is 5.91 Å². The number of nitrogens with two attached hydrogens (primary N) is 1. The molecule has 3 rings (SSSR count). The summed E-state index contributed by atoms with van der Waals surface area (Å²) in [4.78, 5) is 20.6. The van der Waals surface area contributed by atoms with Crippen LogP contribution in [0.1, 0.15) is 45.7 Å². The predicted molar refractivity (Wildman–Crippen MR) is 98.4 cm³/mol. The molecule has 2 heterocycles. The van der Waals surface area contributed by atoms with Gasteiger partial charge < -0.3 is 10.5 Å². The van der Waals surface area contributed by atoms with E-state index in [0.29, 0.717) is 16.5 Å². The maximum absolute atomic E-state index is 12.0. The molecule has 0 bridgehead atoms. The first-order valence-corrected chi connectivity index (χ1v) is 8.78. The van der Waals surface area contributed by atoms with Gasteiger partial charge in [0.15, 0.2) is 0 Å². The molecule has 0 aliphatic heterocycles. The summed E-state index contributed by atoms with van der Waals surface area (Å²) in [6.07, 6.45) is 1.83. The number of pyridine rings is 1. The van der Waals surface area contributed by atoms with Gasteiger partial charge in [-0.05, 0) is 43.2 Å². The van der Waals surface area contributed by atoms with Gasteiger partial charge in [0, 0.05) is 28.8 Å². The molecule has 0 radical (unpaired) electrons. The number of rotatable bonds is 5. The van der Waals surface area contributed by atoms with Crippen molar-refractivity contribution in [3.05, 3.63) is 70.0 Å². The van der Waals surface area contributed by atoms with Crippen LogP contribution in [-0.2, 0) is 0 Å². The molecule has 1 amide bonds. The molecule has 0 unspecified atom stereocenters. The second-order valence-corrected chi connectivity index (χ2v) is 6.75. The summed E-state index contributed by atoms with van der Waals surface area (Å²) in [6, 6.07) is 9.35. The number of benzene rings is 1. The van der Waals surface area contributed by atoms with Gasteiger partial charge >= 0.3 is 0 Å². The third kappa shape index (κ3) is 3.85. The first-order chi connectivity index (χ1) is 11.9. The van der Waals surface area contributed by atoms with E-state index in [1.54, 1.807) is 6.07 Å². The standard InChI is InChI=1S/C19H19N3O2S/c1-11-4-5-14(9-21-11)13(3)16-7-6-15(8-17(16)18(20)23)24-19-22-12(2)10-25-19/h4-10,13H,1-3H3,(H2,20,23)/t13-/m0/s1. The molecule has 25 heavy (non-hydrogen) atoms. The van der Waals surface area contributed by atoms with Gasteiger partial charge in [0.05, 0.1) is 5.69 Å². The van der Waals surface area contributed by atoms with Gasteiger partial charge in [0.2, 0.25) is 5.91 Å². The van der Waals surface area contributed by atoms with Crippen molar-refractivity contribution in [3.8, 4) is 10.9 Å². The van der Waals surface area contributed by atoms with Crippen molar-refractivity contribution in [1.82, 2.24) is 9.97 Å². The molecule has 2 N–H and O–H groups in total. The molecule has 1 atom stereocenters. The van der Waals surface area contributed by atoms with Crippen LogP contribution in [0.25, 0.3) is 0 Å². The Hall–Kier alpha value is -2.73. The van der Waals surface area contributed by atoms with Crippen molar-refractivity contribution in [3.63, 3.8) is 0 Å². The molecule has 2 aromatic heterocycles. The normalized spacial score (nSPS) is 12.0. The second-order valence-electron chi connectivity index (χ2n) is 5.92. The van der Waals surface area contributed by atoms with E-state index in [4.69, 9.17) is 10.5 Å². The number of hydrogen-bond donors (Lipinski definition) is 1. The fourth-order valence-corrected chi connectivity index (χ4v) is 3.25. The summed E-state index contributed by atoms with van der Waals surface area (Å²) in [7, 11) is 0. The van der Waals surface area contributed by atoms with Crippen molar-refractivity contribution in [2.75, 3.05) is 0 Å². The summed E-state index contributed by atoms with van der Waals surface area (Å²) in [5.41, 5.74) is 9.76. The predicted octanol–water partition coefficient (Wildman–Crippen LogP) is 4.20. The first kappa shape index (κ1) is 17.1. The Bertz CT molecular complexity index is 903. The number of carbonyl (C=O) groups excluding carboxylic acids is 1. The molecular weight excluding hydrogens is 334 g/mol. The Morgan fingerprint density at radius 2 is 2.00 bits per heavy atom. The third-order valence-corrected chi connectivity index (χ3v) is 4.83. The highest BCUT2D eigenvalue weighted by atomic mass is 32.1. The summed E-state index contributed by atoms with van der Waals surface area (Å²) in [5.74, 6) is 0.0515. The molecule has 5 nitrogen and oxygen atoms in total. The zero-order chi connectivity index (χ0) is 18.0. The number of thiazole rings is 1. The highest BCUT2D eigenvalue weighted by Gasteiger charge is 2.18.